The van der Waals surface area contributed by atoms with Crippen LogP contribution in [-0.2, 0) is 6.42 Å². The Kier molecular flexibility index (Phi) is 4.91. The monoisotopic (exact) mass is 358 g/mol. The van der Waals surface area contributed by atoms with E-state index in [1.165, 1.54) is 0 Å². The van der Waals surface area contributed by atoms with E-state index in [0.717, 1.165) is 21.2 Å². The van der Waals surface area contributed by atoms with Crippen LogP contribution in [0.15, 0.2) is 40.9 Å². The molecular formula is C15H13BrCl2O. The Morgan fingerprint density at radius 3 is 2.58 bits per heavy atom. The molecule has 0 aliphatic rings. The van der Waals surface area contributed by atoms with Gasteiger partial charge in [0.1, 0.15) is 0 Å². The molecule has 1 unspecified atom stereocenters. The Hall–Kier alpha value is -0.540. The largest absolute Gasteiger partial charge is 0.388 e. The van der Waals surface area contributed by atoms with Crippen molar-refractivity contribution in [3.05, 3.63) is 67.6 Å². The zero-order valence-electron chi connectivity index (χ0n) is 10.3. The summed E-state index contributed by atoms with van der Waals surface area (Å²) in [6.45, 7) is 1.98. The van der Waals surface area contributed by atoms with E-state index in [-0.39, 0.29) is 0 Å². The topological polar surface area (TPSA) is 20.2 Å². The van der Waals surface area contributed by atoms with Crippen molar-refractivity contribution in [1.82, 2.24) is 0 Å². The fourth-order valence-electron chi connectivity index (χ4n) is 1.98. The normalized spacial score (nSPS) is 12.5. The van der Waals surface area contributed by atoms with Crippen molar-refractivity contribution in [3.8, 4) is 0 Å². The minimum absolute atomic E-state index is 0.466. The van der Waals surface area contributed by atoms with E-state index in [4.69, 9.17) is 23.2 Å². The van der Waals surface area contributed by atoms with Gasteiger partial charge in [-0.1, -0.05) is 51.3 Å². The zero-order valence-corrected chi connectivity index (χ0v) is 13.4. The number of aryl methyl sites for hydroxylation is 1. The van der Waals surface area contributed by atoms with E-state index in [1.807, 2.05) is 31.2 Å². The van der Waals surface area contributed by atoms with Crippen LogP contribution < -0.4 is 0 Å². The van der Waals surface area contributed by atoms with Gasteiger partial charge in [-0.2, -0.15) is 0 Å². The van der Waals surface area contributed by atoms with Crippen LogP contribution in [-0.4, -0.2) is 5.11 Å². The van der Waals surface area contributed by atoms with E-state index >= 15 is 0 Å². The Labute approximate surface area is 131 Å². The number of hydrogen-bond acceptors (Lipinski definition) is 1. The fraction of sp³-hybridized carbons (Fsp3) is 0.200. The van der Waals surface area contributed by atoms with Gasteiger partial charge in [0.2, 0.25) is 0 Å². The maximum absolute atomic E-state index is 10.4. The van der Waals surface area contributed by atoms with Gasteiger partial charge in [-0.15, -0.1) is 0 Å². The molecule has 100 valence electrons. The van der Waals surface area contributed by atoms with Gasteiger partial charge in [0.25, 0.3) is 0 Å². The summed E-state index contributed by atoms with van der Waals surface area (Å²) < 4.78 is 0.953. The van der Waals surface area contributed by atoms with Gasteiger partial charge in [0.15, 0.2) is 0 Å². The molecule has 0 saturated carbocycles. The highest BCUT2D eigenvalue weighted by Crippen LogP contribution is 2.28. The molecule has 0 aliphatic heterocycles. The molecule has 0 amide bonds. The average molecular weight is 360 g/mol. The van der Waals surface area contributed by atoms with Gasteiger partial charge in [0.05, 0.1) is 6.10 Å². The van der Waals surface area contributed by atoms with Crippen LogP contribution in [0.25, 0.3) is 0 Å². The zero-order chi connectivity index (χ0) is 14.0. The molecule has 1 nitrogen and oxygen atoms in total. The standard InChI is InChI=1S/C15H13BrCl2O/c1-9-2-4-11(16)7-13(9)15(19)6-10-3-5-12(17)8-14(10)18/h2-5,7-8,15,19H,6H2,1H3. The van der Waals surface area contributed by atoms with E-state index in [9.17, 15) is 5.11 Å². The van der Waals surface area contributed by atoms with Gasteiger partial charge in [-0.25, -0.2) is 0 Å². The van der Waals surface area contributed by atoms with Crippen molar-refractivity contribution in [3.63, 3.8) is 0 Å². The third kappa shape index (κ3) is 3.73. The molecule has 0 saturated heterocycles. The van der Waals surface area contributed by atoms with Crippen LogP contribution in [0.1, 0.15) is 22.8 Å². The minimum Gasteiger partial charge on any atom is -0.388 e. The number of rotatable bonds is 3. The van der Waals surface area contributed by atoms with Crippen molar-refractivity contribution in [2.45, 2.75) is 19.4 Å². The van der Waals surface area contributed by atoms with Crippen molar-refractivity contribution >= 4 is 39.1 Å². The van der Waals surface area contributed by atoms with Crippen LogP contribution in [0.2, 0.25) is 10.0 Å². The molecule has 0 spiro atoms. The number of aliphatic hydroxyl groups excluding tert-OH is 1. The maximum Gasteiger partial charge on any atom is 0.0833 e. The minimum atomic E-state index is -0.587. The molecular weight excluding hydrogens is 347 g/mol. The summed E-state index contributed by atoms with van der Waals surface area (Å²) in [5, 5.41) is 11.5. The maximum atomic E-state index is 10.4. The Morgan fingerprint density at radius 2 is 1.89 bits per heavy atom. The van der Waals surface area contributed by atoms with Crippen molar-refractivity contribution in [1.29, 1.82) is 0 Å². The molecule has 4 heteroatoms. The Balaban J connectivity index is 2.25. The molecule has 19 heavy (non-hydrogen) atoms. The van der Waals surface area contributed by atoms with Gasteiger partial charge in [0, 0.05) is 20.9 Å². The highest BCUT2D eigenvalue weighted by atomic mass is 79.9. The first-order valence-electron chi connectivity index (χ1n) is 5.85. The predicted molar refractivity (Wildman–Crippen MR) is 84.0 cm³/mol. The molecule has 2 rings (SSSR count). The van der Waals surface area contributed by atoms with E-state index in [1.54, 1.807) is 12.1 Å². The second-order valence-electron chi connectivity index (χ2n) is 4.46. The molecule has 1 atom stereocenters. The highest BCUT2D eigenvalue weighted by Gasteiger charge is 2.13. The van der Waals surface area contributed by atoms with E-state index in [2.05, 4.69) is 15.9 Å². The average Bonchev–Trinajstić information content (AvgIpc) is 2.35. The van der Waals surface area contributed by atoms with Crippen molar-refractivity contribution < 1.29 is 5.11 Å². The summed E-state index contributed by atoms with van der Waals surface area (Å²) in [7, 11) is 0. The molecule has 1 N–H and O–H groups in total. The molecule has 0 bridgehead atoms. The lowest BCUT2D eigenvalue weighted by Crippen LogP contribution is -2.04. The van der Waals surface area contributed by atoms with E-state index < -0.39 is 6.10 Å². The summed E-state index contributed by atoms with van der Waals surface area (Å²) in [5.41, 5.74) is 2.85. The number of hydrogen-bond donors (Lipinski definition) is 1. The second kappa shape index (κ2) is 6.27. The van der Waals surface area contributed by atoms with Gasteiger partial charge >= 0.3 is 0 Å². The smallest absolute Gasteiger partial charge is 0.0833 e. The van der Waals surface area contributed by atoms with Crippen LogP contribution in [0.5, 0.6) is 0 Å². The van der Waals surface area contributed by atoms with Gasteiger partial charge in [-0.05, 0) is 47.9 Å². The summed E-state index contributed by atoms with van der Waals surface area (Å²) in [6, 6.07) is 11.2. The second-order valence-corrected chi connectivity index (χ2v) is 6.22. The van der Waals surface area contributed by atoms with E-state index in [0.29, 0.717) is 16.5 Å². The van der Waals surface area contributed by atoms with Crippen LogP contribution in [0, 0.1) is 6.92 Å². The first-order chi connectivity index (χ1) is 8.97. The molecule has 0 heterocycles. The predicted octanol–water partition coefficient (Wildman–Crippen LogP) is 5.34. The lowest BCUT2D eigenvalue weighted by atomic mass is 9.98. The third-order valence-electron chi connectivity index (χ3n) is 3.03. The van der Waals surface area contributed by atoms with Crippen LogP contribution >= 0.6 is 39.1 Å². The SMILES string of the molecule is Cc1ccc(Br)cc1C(O)Cc1ccc(Cl)cc1Cl. The molecule has 0 fully saturated rings. The first-order valence-corrected chi connectivity index (χ1v) is 7.40. The highest BCUT2D eigenvalue weighted by molar-refractivity contribution is 9.10. The van der Waals surface area contributed by atoms with Crippen molar-refractivity contribution in [2.24, 2.45) is 0 Å². The third-order valence-corrected chi connectivity index (χ3v) is 4.11. The van der Waals surface area contributed by atoms with Crippen LogP contribution in [0.3, 0.4) is 0 Å². The molecule has 0 aliphatic carbocycles. The Bertz CT molecular complexity index is 599. The van der Waals surface area contributed by atoms with Crippen molar-refractivity contribution in [2.75, 3.05) is 0 Å². The van der Waals surface area contributed by atoms with Crippen LogP contribution in [0.4, 0.5) is 0 Å². The number of halogens is 3. The summed E-state index contributed by atoms with van der Waals surface area (Å²) in [5.74, 6) is 0. The molecule has 0 aromatic heterocycles. The Morgan fingerprint density at radius 1 is 1.16 bits per heavy atom. The summed E-state index contributed by atoms with van der Waals surface area (Å²) in [4.78, 5) is 0. The molecule has 2 aromatic carbocycles. The fourth-order valence-corrected chi connectivity index (χ4v) is 2.84. The molecule has 0 radical (unpaired) electrons. The summed E-state index contributed by atoms with van der Waals surface area (Å²) in [6.07, 6.45) is -0.121. The quantitative estimate of drug-likeness (QED) is 0.784. The first kappa shape index (κ1) is 14.9. The number of aliphatic hydroxyl groups is 1. The number of benzene rings is 2. The van der Waals surface area contributed by atoms with Gasteiger partial charge < -0.3 is 5.11 Å². The summed E-state index contributed by atoms with van der Waals surface area (Å²) >= 11 is 15.4. The molecule has 2 aromatic rings. The van der Waals surface area contributed by atoms with Gasteiger partial charge in [-0.3, -0.25) is 0 Å². The lowest BCUT2D eigenvalue weighted by Gasteiger charge is -2.15. The lowest BCUT2D eigenvalue weighted by molar-refractivity contribution is 0.177.